The van der Waals surface area contributed by atoms with Crippen LogP contribution in [0, 0.1) is 5.92 Å². The monoisotopic (exact) mass is 417 g/mol. The number of nitrogens with zero attached hydrogens (tertiary/aromatic N) is 2. The van der Waals surface area contributed by atoms with Gasteiger partial charge in [0, 0.05) is 24.8 Å². The Morgan fingerprint density at radius 3 is 2.37 bits per heavy atom. The number of nitrogens with two attached hydrogens (primary N) is 1. The van der Waals surface area contributed by atoms with Crippen molar-refractivity contribution in [3.8, 4) is 0 Å². The Labute approximate surface area is 181 Å². The largest absolute Gasteiger partial charge is 0.384 e. The van der Waals surface area contributed by atoms with Crippen LogP contribution in [0.1, 0.15) is 71.8 Å². The molecule has 0 aromatic carbocycles. The highest BCUT2D eigenvalue weighted by molar-refractivity contribution is 5.88. The molecule has 1 heterocycles. The molecule has 168 valence electrons. The van der Waals surface area contributed by atoms with Gasteiger partial charge in [-0.1, -0.05) is 38.2 Å². The standard InChI is InChI=1S/C23H39N5O2/c1-16(2)28(17(3)4)15-22(29)27-20(12-18-8-6-5-7-9-18)23(30)26-14-19-10-11-21(24)25-13-19/h10-11,13,16-18,20H,5-9,12,14-15H2,1-4H3,(H2,24,25)(H,26,30)(H,27,29). The van der Waals surface area contributed by atoms with Crippen molar-refractivity contribution in [2.24, 2.45) is 5.92 Å². The van der Waals surface area contributed by atoms with Gasteiger partial charge in [0.2, 0.25) is 11.8 Å². The van der Waals surface area contributed by atoms with E-state index in [2.05, 4.69) is 48.2 Å². The fraction of sp³-hybridized carbons (Fsp3) is 0.696. The molecule has 1 saturated carbocycles. The minimum absolute atomic E-state index is 0.0949. The number of amides is 2. The van der Waals surface area contributed by atoms with E-state index in [4.69, 9.17) is 5.73 Å². The molecule has 30 heavy (non-hydrogen) atoms. The van der Waals surface area contributed by atoms with Gasteiger partial charge in [0.1, 0.15) is 11.9 Å². The van der Waals surface area contributed by atoms with Crippen molar-refractivity contribution in [1.29, 1.82) is 0 Å². The normalized spacial score (nSPS) is 16.1. The average Bonchev–Trinajstić information content (AvgIpc) is 2.71. The Hall–Kier alpha value is -2.15. The number of pyridine rings is 1. The average molecular weight is 418 g/mol. The van der Waals surface area contributed by atoms with E-state index in [1.165, 1.54) is 19.3 Å². The van der Waals surface area contributed by atoms with Crippen LogP contribution >= 0.6 is 0 Å². The lowest BCUT2D eigenvalue weighted by Crippen LogP contribution is -2.51. The summed E-state index contributed by atoms with van der Waals surface area (Å²) in [5.74, 6) is 0.709. The smallest absolute Gasteiger partial charge is 0.242 e. The summed E-state index contributed by atoms with van der Waals surface area (Å²) in [6.45, 7) is 9.00. The number of carbonyl (C=O) groups excluding carboxylic acids is 2. The van der Waals surface area contributed by atoms with Gasteiger partial charge in [-0.2, -0.15) is 0 Å². The van der Waals surface area contributed by atoms with E-state index < -0.39 is 6.04 Å². The topological polar surface area (TPSA) is 100 Å². The van der Waals surface area contributed by atoms with E-state index >= 15 is 0 Å². The third kappa shape index (κ3) is 7.94. The summed E-state index contributed by atoms with van der Waals surface area (Å²) in [7, 11) is 0. The van der Waals surface area contributed by atoms with Crippen molar-refractivity contribution in [2.75, 3.05) is 12.3 Å². The molecule has 1 unspecified atom stereocenters. The molecule has 0 saturated heterocycles. The van der Waals surface area contributed by atoms with E-state index in [9.17, 15) is 9.59 Å². The highest BCUT2D eigenvalue weighted by Crippen LogP contribution is 2.27. The van der Waals surface area contributed by atoms with Gasteiger partial charge in [-0.05, 0) is 51.7 Å². The second-order valence-electron chi connectivity index (χ2n) is 9.03. The highest BCUT2D eigenvalue weighted by atomic mass is 16.2. The molecule has 0 bridgehead atoms. The molecular formula is C23H39N5O2. The van der Waals surface area contributed by atoms with Crippen molar-refractivity contribution in [3.63, 3.8) is 0 Å². The molecule has 1 aliphatic carbocycles. The first-order valence-electron chi connectivity index (χ1n) is 11.3. The first-order chi connectivity index (χ1) is 14.3. The summed E-state index contributed by atoms with van der Waals surface area (Å²) >= 11 is 0. The number of anilines is 1. The number of nitrogens with one attached hydrogen (secondary N) is 2. The van der Waals surface area contributed by atoms with E-state index in [1.54, 1.807) is 12.3 Å². The Morgan fingerprint density at radius 2 is 1.80 bits per heavy atom. The van der Waals surface area contributed by atoms with E-state index in [0.29, 0.717) is 31.2 Å². The predicted octanol–water partition coefficient (Wildman–Crippen LogP) is 2.85. The summed E-state index contributed by atoms with van der Waals surface area (Å²) in [5.41, 5.74) is 6.50. The predicted molar refractivity (Wildman–Crippen MR) is 121 cm³/mol. The highest BCUT2D eigenvalue weighted by Gasteiger charge is 2.27. The number of nitrogen functional groups attached to an aromatic ring is 1. The van der Waals surface area contributed by atoms with Gasteiger partial charge in [-0.15, -0.1) is 0 Å². The summed E-state index contributed by atoms with van der Waals surface area (Å²) in [5, 5.41) is 5.99. The van der Waals surface area contributed by atoms with Crippen molar-refractivity contribution in [3.05, 3.63) is 23.9 Å². The molecule has 1 fully saturated rings. The van der Waals surface area contributed by atoms with Crippen LogP contribution in [0.4, 0.5) is 5.82 Å². The molecule has 1 aromatic rings. The first kappa shape index (κ1) is 24.1. The van der Waals surface area contributed by atoms with Gasteiger partial charge in [0.25, 0.3) is 0 Å². The van der Waals surface area contributed by atoms with Crippen LogP contribution < -0.4 is 16.4 Å². The van der Waals surface area contributed by atoms with Crippen LogP contribution in [0.2, 0.25) is 0 Å². The summed E-state index contributed by atoms with van der Waals surface area (Å²) in [4.78, 5) is 31.9. The molecule has 7 heteroatoms. The first-order valence-corrected chi connectivity index (χ1v) is 11.3. The van der Waals surface area contributed by atoms with Crippen LogP contribution in [0.25, 0.3) is 0 Å². The maximum absolute atomic E-state index is 13.0. The van der Waals surface area contributed by atoms with E-state index in [-0.39, 0.29) is 23.9 Å². The summed E-state index contributed by atoms with van der Waals surface area (Å²) < 4.78 is 0. The zero-order chi connectivity index (χ0) is 22.1. The minimum Gasteiger partial charge on any atom is -0.384 e. The lowest BCUT2D eigenvalue weighted by molar-refractivity contribution is -0.130. The molecule has 0 aliphatic heterocycles. The van der Waals surface area contributed by atoms with Crippen LogP contribution in [0.15, 0.2) is 18.3 Å². The van der Waals surface area contributed by atoms with Gasteiger partial charge in [-0.3, -0.25) is 14.5 Å². The van der Waals surface area contributed by atoms with Crippen LogP contribution in [0.5, 0.6) is 0 Å². The number of hydrogen-bond donors (Lipinski definition) is 3. The molecule has 0 radical (unpaired) electrons. The Bertz CT molecular complexity index is 661. The van der Waals surface area contributed by atoms with Gasteiger partial charge >= 0.3 is 0 Å². The number of carbonyl (C=O) groups is 2. The molecule has 1 aromatic heterocycles. The zero-order valence-electron chi connectivity index (χ0n) is 19.0. The summed E-state index contributed by atoms with van der Waals surface area (Å²) in [6, 6.07) is 3.58. The molecule has 0 spiro atoms. The third-order valence-electron chi connectivity index (χ3n) is 5.91. The summed E-state index contributed by atoms with van der Waals surface area (Å²) in [6.07, 6.45) is 8.30. The molecule has 4 N–H and O–H groups in total. The molecule has 7 nitrogen and oxygen atoms in total. The van der Waals surface area contributed by atoms with Gasteiger partial charge in [0.05, 0.1) is 6.54 Å². The maximum Gasteiger partial charge on any atom is 0.242 e. The lowest BCUT2D eigenvalue weighted by atomic mass is 9.84. The number of rotatable bonds is 10. The van der Waals surface area contributed by atoms with Gasteiger partial charge in [0.15, 0.2) is 0 Å². The maximum atomic E-state index is 13.0. The fourth-order valence-electron chi connectivity index (χ4n) is 4.21. The molecular weight excluding hydrogens is 378 g/mol. The number of aromatic nitrogens is 1. The van der Waals surface area contributed by atoms with Gasteiger partial charge in [-0.25, -0.2) is 4.98 Å². The fourth-order valence-corrected chi connectivity index (χ4v) is 4.21. The van der Waals surface area contributed by atoms with Crippen molar-refractivity contribution < 1.29 is 9.59 Å². The Balaban J connectivity index is 2.00. The molecule has 2 amide bonds. The van der Waals surface area contributed by atoms with Crippen LogP contribution in [-0.4, -0.2) is 46.4 Å². The second-order valence-corrected chi connectivity index (χ2v) is 9.03. The van der Waals surface area contributed by atoms with E-state index in [0.717, 1.165) is 18.4 Å². The lowest BCUT2D eigenvalue weighted by Gasteiger charge is -2.31. The molecule has 2 rings (SSSR count). The van der Waals surface area contributed by atoms with E-state index in [1.807, 2.05) is 6.07 Å². The van der Waals surface area contributed by atoms with Crippen LogP contribution in [-0.2, 0) is 16.1 Å². The zero-order valence-corrected chi connectivity index (χ0v) is 19.0. The quantitative estimate of drug-likeness (QED) is 0.543. The Morgan fingerprint density at radius 1 is 1.13 bits per heavy atom. The third-order valence-corrected chi connectivity index (χ3v) is 5.91. The molecule has 1 atom stereocenters. The second kappa shape index (κ2) is 11.9. The minimum atomic E-state index is -0.511. The Kier molecular flexibility index (Phi) is 9.56. The van der Waals surface area contributed by atoms with Gasteiger partial charge < -0.3 is 16.4 Å². The van der Waals surface area contributed by atoms with Crippen molar-refractivity contribution >= 4 is 17.6 Å². The SMILES string of the molecule is CC(C)N(CC(=O)NC(CC1CCCCC1)C(=O)NCc1ccc(N)nc1)C(C)C. The van der Waals surface area contributed by atoms with Crippen molar-refractivity contribution in [2.45, 2.75) is 90.9 Å². The molecule has 1 aliphatic rings. The van der Waals surface area contributed by atoms with Crippen molar-refractivity contribution in [1.82, 2.24) is 20.5 Å². The van der Waals surface area contributed by atoms with Crippen LogP contribution in [0.3, 0.4) is 0 Å². The number of hydrogen-bond acceptors (Lipinski definition) is 5.